The van der Waals surface area contributed by atoms with Gasteiger partial charge in [-0.2, -0.15) is 35.1 Å². The Morgan fingerprint density at radius 3 is 0.923 bits per heavy atom. The van der Waals surface area contributed by atoms with Crippen LogP contribution in [0.2, 0.25) is 0 Å². The lowest BCUT2D eigenvalue weighted by Gasteiger charge is -2.12. The molecule has 0 aliphatic heterocycles. The minimum Gasteiger partial charge on any atom is -0.269 e. The van der Waals surface area contributed by atoms with Crippen LogP contribution < -0.4 is 0 Å². The molecule has 80 valence electrons. The normalized spacial score (nSPS) is 12.0. The van der Waals surface area contributed by atoms with Crippen LogP contribution in [0, 0.1) is 0 Å². The molecule has 0 aromatic heterocycles. The Morgan fingerprint density at radius 1 is 0.692 bits per heavy atom. The number of rotatable bonds is 0. The van der Waals surface area contributed by atoms with Gasteiger partial charge >= 0.3 is 12.4 Å². The van der Waals surface area contributed by atoms with E-state index in [1.807, 2.05) is 0 Å². The third-order valence-corrected chi connectivity index (χ3v) is 0.756. The largest absolute Gasteiger partial charge is 0.426 e. The average molecular weight is 220 g/mol. The second-order valence-electron chi connectivity index (χ2n) is 1.63. The highest BCUT2D eigenvalue weighted by molar-refractivity contribution is 5.15. The van der Waals surface area contributed by atoms with E-state index in [0.29, 0.717) is 0 Å². The fraction of sp³-hybridized carbons (Fsp3) is 0.500. The second kappa shape index (κ2) is 3.88. The van der Waals surface area contributed by atoms with Gasteiger partial charge in [0, 0.05) is 0 Å². The molecule has 0 saturated heterocycles. The van der Waals surface area contributed by atoms with E-state index in [1.165, 1.54) is 0 Å². The molecule has 0 radical (unpaired) electrons. The van der Waals surface area contributed by atoms with Gasteiger partial charge in [-0.15, -0.1) is 0 Å². The van der Waals surface area contributed by atoms with Crippen LogP contribution in [0.15, 0.2) is 11.7 Å². The van der Waals surface area contributed by atoms with Crippen molar-refractivity contribution in [3.63, 3.8) is 0 Å². The fourth-order valence-electron chi connectivity index (χ4n) is 0.375. The van der Waals surface area contributed by atoms with Gasteiger partial charge in [-0.05, 0) is 0 Å². The molecular formula is C4HF9. The lowest BCUT2D eigenvalue weighted by atomic mass is 10.3. The summed E-state index contributed by atoms with van der Waals surface area (Å²) in [4.78, 5) is 0. The van der Waals surface area contributed by atoms with E-state index >= 15 is 0 Å². The molecule has 0 atom stereocenters. The molecule has 0 fully saturated rings. The first-order chi connectivity index (χ1) is 5.07. The van der Waals surface area contributed by atoms with Crippen LogP contribution in [0.5, 0.6) is 0 Å². The summed E-state index contributed by atoms with van der Waals surface area (Å²) >= 11 is 0. The Kier molecular flexibility index (Phi) is 4.36. The molecule has 0 aromatic rings. The van der Waals surface area contributed by atoms with E-state index in [-0.39, 0.29) is 4.70 Å². The SMILES string of the molecule is F.FC(F)=C(C(F)(F)F)C(F)(F)F. The average Bonchev–Trinajstić information content (AvgIpc) is 1.49. The topological polar surface area (TPSA) is 0 Å². The Morgan fingerprint density at radius 2 is 0.923 bits per heavy atom. The highest BCUT2D eigenvalue weighted by Gasteiger charge is 2.54. The van der Waals surface area contributed by atoms with Crippen molar-refractivity contribution in [3.8, 4) is 0 Å². The Labute approximate surface area is 65.2 Å². The maximum atomic E-state index is 11.2. The van der Waals surface area contributed by atoms with Crippen LogP contribution in [0.1, 0.15) is 0 Å². The monoisotopic (exact) mass is 220 g/mol. The molecule has 0 saturated carbocycles. The predicted molar refractivity (Wildman–Crippen MR) is 23.9 cm³/mol. The van der Waals surface area contributed by atoms with Crippen molar-refractivity contribution >= 4 is 0 Å². The smallest absolute Gasteiger partial charge is 0.269 e. The molecule has 0 nitrogen and oxygen atoms in total. The summed E-state index contributed by atoms with van der Waals surface area (Å²) in [5.41, 5.74) is -3.75. The number of halogens is 9. The van der Waals surface area contributed by atoms with Crippen molar-refractivity contribution in [1.82, 2.24) is 0 Å². The van der Waals surface area contributed by atoms with Crippen LogP contribution >= 0.6 is 0 Å². The van der Waals surface area contributed by atoms with Crippen LogP contribution in [0.4, 0.5) is 39.8 Å². The lowest BCUT2D eigenvalue weighted by Crippen LogP contribution is -2.26. The number of hydrogen-bond donors (Lipinski definition) is 0. The molecule has 0 rings (SSSR count). The van der Waals surface area contributed by atoms with Crippen molar-refractivity contribution in [3.05, 3.63) is 11.7 Å². The van der Waals surface area contributed by atoms with Gasteiger partial charge in [0.2, 0.25) is 5.57 Å². The third-order valence-electron chi connectivity index (χ3n) is 0.756. The van der Waals surface area contributed by atoms with Gasteiger partial charge in [0.05, 0.1) is 0 Å². The van der Waals surface area contributed by atoms with Gasteiger partial charge in [-0.3, -0.25) is 4.70 Å². The van der Waals surface area contributed by atoms with Crippen LogP contribution in [-0.4, -0.2) is 12.4 Å². The minimum atomic E-state index is -6.07. The summed E-state index contributed by atoms with van der Waals surface area (Å²) in [6.45, 7) is 0. The first kappa shape index (κ1) is 14.6. The van der Waals surface area contributed by atoms with Gasteiger partial charge in [0.1, 0.15) is 0 Å². The van der Waals surface area contributed by atoms with E-state index < -0.39 is 24.0 Å². The molecule has 0 bridgehead atoms. The highest BCUT2D eigenvalue weighted by atomic mass is 19.4. The van der Waals surface area contributed by atoms with Crippen molar-refractivity contribution in [1.29, 1.82) is 0 Å². The predicted octanol–water partition coefficient (Wildman–Crippen LogP) is 3.41. The minimum absolute atomic E-state index is 0. The molecule has 0 N–H and O–H groups in total. The molecule has 9 heteroatoms. The summed E-state index contributed by atoms with van der Waals surface area (Å²) in [5.74, 6) is 0. The highest BCUT2D eigenvalue weighted by Crippen LogP contribution is 2.41. The number of alkyl halides is 6. The Bertz CT molecular complexity index is 173. The van der Waals surface area contributed by atoms with Crippen LogP contribution in [0.3, 0.4) is 0 Å². The fourth-order valence-corrected chi connectivity index (χ4v) is 0.375. The van der Waals surface area contributed by atoms with Crippen molar-refractivity contribution in [2.24, 2.45) is 0 Å². The van der Waals surface area contributed by atoms with Crippen LogP contribution in [0.25, 0.3) is 0 Å². The van der Waals surface area contributed by atoms with Crippen LogP contribution in [-0.2, 0) is 0 Å². The van der Waals surface area contributed by atoms with Crippen molar-refractivity contribution in [2.45, 2.75) is 12.4 Å². The van der Waals surface area contributed by atoms with Gasteiger partial charge in [-0.25, -0.2) is 0 Å². The lowest BCUT2D eigenvalue weighted by molar-refractivity contribution is -0.176. The van der Waals surface area contributed by atoms with Crippen molar-refractivity contribution < 1.29 is 39.8 Å². The van der Waals surface area contributed by atoms with Crippen molar-refractivity contribution in [2.75, 3.05) is 0 Å². The van der Waals surface area contributed by atoms with E-state index in [0.717, 1.165) is 0 Å². The maximum absolute atomic E-state index is 11.2. The summed E-state index contributed by atoms with van der Waals surface area (Å²) in [6.07, 6.45) is -15.9. The third kappa shape index (κ3) is 4.04. The van der Waals surface area contributed by atoms with E-state index in [2.05, 4.69) is 0 Å². The van der Waals surface area contributed by atoms with Gasteiger partial charge in [0.15, 0.2) is 0 Å². The Hall–Kier alpha value is -0.890. The van der Waals surface area contributed by atoms with E-state index in [4.69, 9.17) is 0 Å². The summed E-state index contributed by atoms with van der Waals surface area (Å²) in [5, 5.41) is 0. The Balaban J connectivity index is 0. The summed E-state index contributed by atoms with van der Waals surface area (Å²) < 4.78 is 89.5. The van der Waals surface area contributed by atoms with E-state index in [9.17, 15) is 35.1 Å². The second-order valence-corrected chi connectivity index (χ2v) is 1.63. The molecular weight excluding hydrogens is 219 g/mol. The van der Waals surface area contributed by atoms with Gasteiger partial charge in [0.25, 0.3) is 6.08 Å². The number of hydrogen-bond acceptors (Lipinski definition) is 0. The van der Waals surface area contributed by atoms with Gasteiger partial charge in [-0.1, -0.05) is 0 Å². The molecule has 0 aromatic carbocycles. The zero-order chi connectivity index (χ0) is 10.2. The zero-order valence-corrected chi connectivity index (χ0v) is 5.43. The first-order valence-corrected chi connectivity index (χ1v) is 2.26. The zero-order valence-electron chi connectivity index (χ0n) is 5.43. The van der Waals surface area contributed by atoms with E-state index in [1.54, 1.807) is 0 Å². The number of allylic oxidation sites excluding steroid dienone is 1. The molecule has 0 amide bonds. The summed E-state index contributed by atoms with van der Waals surface area (Å²) in [7, 11) is 0. The quantitative estimate of drug-likeness (QED) is 0.548. The molecule has 0 unspecified atom stereocenters. The molecule has 0 heterocycles. The molecule has 13 heavy (non-hydrogen) atoms. The van der Waals surface area contributed by atoms with Gasteiger partial charge < -0.3 is 0 Å². The summed E-state index contributed by atoms with van der Waals surface area (Å²) in [6, 6.07) is 0. The standard InChI is InChI=1S/C4F8.FH/c5-2(6)1(3(7,8)9)4(10,11)12;/h;1H. The first-order valence-electron chi connectivity index (χ1n) is 2.26. The molecule has 0 aliphatic rings. The molecule has 0 aliphatic carbocycles. The maximum Gasteiger partial charge on any atom is 0.426 e. The molecule has 0 spiro atoms.